The Morgan fingerprint density at radius 2 is 1.21 bits per heavy atom. The van der Waals surface area contributed by atoms with Gasteiger partial charge in [0.15, 0.2) is 0 Å². The summed E-state index contributed by atoms with van der Waals surface area (Å²) in [4.78, 5) is 25.5. The summed E-state index contributed by atoms with van der Waals surface area (Å²) in [6.45, 7) is 0. The second kappa shape index (κ2) is 5.97. The van der Waals surface area contributed by atoms with Crippen LogP contribution in [-0.4, -0.2) is 57.4 Å². The van der Waals surface area contributed by atoms with E-state index in [0.29, 0.717) is 0 Å². The highest BCUT2D eigenvalue weighted by atomic mass is 16.8. The first-order valence-corrected chi connectivity index (χ1v) is 8.49. The zero-order chi connectivity index (χ0) is 17.6. The molecule has 2 saturated heterocycles. The number of hydrogen-bond donors (Lipinski definition) is 0. The SMILES string of the molecule is COC(=O)[C@@]12O[C@@](C(=O)OC)([C@H]3CCCCCC[C@H]31)C2(OC)OC. The largest absolute Gasteiger partial charge is 0.467 e. The van der Waals surface area contributed by atoms with Crippen molar-refractivity contribution in [2.24, 2.45) is 11.8 Å². The highest BCUT2D eigenvalue weighted by molar-refractivity contribution is 5.94. The van der Waals surface area contributed by atoms with Crippen LogP contribution in [0.1, 0.15) is 38.5 Å². The molecule has 2 bridgehead atoms. The van der Waals surface area contributed by atoms with Crippen LogP contribution in [0.3, 0.4) is 0 Å². The van der Waals surface area contributed by atoms with Gasteiger partial charge in [0, 0.05) is 26.1 Å². The monoisotopic (exact) mass is 342 g/mol. The van der Waals surface area contributed by atoms with Crippen molar-refractivity contribution in [2.75, 3.05) is 28.4 Å². The number of carbonyl (C=O) groups is 2. The van der Waals surface area contributed by atoms with Crippen LogP contribution < -0.4 is 0 Å². The molecule has 2 saturated carbocycles. The van der Waals surface area contributed by atoms with Gasteiger partial charge in [0.25, 0.3) is 0 Å². The van der Waals surface area contributed by atoms with Crippen molar-refractivity contribution in [2.45, 2.75) is 55.5 Å². The van der Waals surface area contributed by atoms with Gasteiger partial charge in [-0.25, -0.2) is 9.59 Å². The van der Waals surface area contributed by atoms with E-state index in [2.05, 4.69) is 0 Å². The molecule has 2 aliphatic carbocycles. The molecule has 2 aliphatic heterocycles. The molecule has 24 heavy (non-hydrogen) atoms. The molecule has 0 amide bonds. The van der Waals surface area contributed by atoms with Crippen LogP contribution in [0, 0.1) is 11.8 Å². The average Bonchev–Trinajstić information content (AvgIpc) is 2.95. The maximum absolute atomic E-state index is 12.8. The van der Waals surface area contributed by atoms with E-state index in [-0.39, 0.29) is 11.8 Å². The van der Waals surface area contributed by atoms with Crippen LogP contribution in [0.5, 0.6) is 0 Å². The molecule has 0 aromatic heterocycles. The quantitative estimate of drug-likeness (QED) is 0.565. The smallest absolute Gasteiger partial charge is 0.344 e. The van der Waals surface area contributed by atoms with E-state index in [1.807, 2.05) is 0 Å². The Balaban J connectivity index is 2.18. The lowest BCUT2D eigenvalue weighted by Gasteiger charge is -2.58. The lowest BCUT2D eigenvalue weighted by Crippen LogP contribution is -2.84. The highest BCUT2D eigenvalue weighted by Crippen LogP contribution is 2.72. The Morgan fingerprint density at radius 3 is 1.54 bits per heavy atom. The second-order valence-electron chi connectivity index (χ2n) is 6.79. The van der Waals surface area contributed by atoms with Gasteiger partial charge in [0.1, 0.15) is 0 Å². The standard InChI is InChI=1S/C17H26O7/c1-20-13(18)15-11-9-7-5-6-8-10-12(11)16(24-15,14(19)21-2)17(15,22-3)23-4/h11-12H,5-10H2,1-4H3/t11-,12+,15+,16-. The van der Waals surface area contributed by atoms with Crippen molar-refractivity contribution in [1.82, 2.24) is 0 Å². The molecule has 0 spiro atoms. The number of methoxy groups -OCH3 is 4. The van der Waals surface area contributed by atoms with Crippen molar-refractivity contribution >= 4 is 11.9 Å². The molecule has 136 valence electrons. The zero-order valence-electron chi connectivity index (χ0n) is 14.8. The zero-order valence-corrected chi connectivity index (χ0v) is 14.8. The van der Waals surface area contributed by atoms with Crippen molar-refractivity contribution in [3.8, 4) is 0 Å². The summed E-state index contributed by atoms with van der Waals surface area (Å²) in [7, 11) is 5.48. The molecule has 0 aromatic carbocycles. The van der Waals surface area contributed by atoms with Crippen molar-refractivity contribution in [1.29, 1.82) is 0 Å². The molecule has 2 heterocycles. The predicted molar refractivity (Wildman–Crippen MR) is 82.0 cm³/mol. The summed E-state index contributed by atoms with van der Waals surface area (Å²) in [6.07, 6.45) is 5.63. The maximum atomic E-state index is 12.8. The summed E-state index contributed by atoms with van der Waals surface area (Å²) in [6, 6.07) is 0. The van der Waals surface area contributed by atoms with Gasteiger partial charge in [-0.1, -0.05) is 25.7 Å². The first-order valence-electron chi connectivity index (χ1n) is 8.49. The van der Waals surface area contributed by atoms with Gasteiger partial charge in [0.2, 0.25) is 17.0 Å². The summed E-state index contributed by atoms with van der Waals surface area (Å²) >= 11 is 0. The molecule has 0 aromatic rings. The van der Waals surface area contributed by atoms with Crippen molar-refractivity contribution in [3.05, 3.63) is 0 Å². The van der Waals surface area contributed by atoms with Gasteiger partial charge >= 0.3 is 11.9 Å². The van der Waals surface area contributed by atoms with Crippen LogP contribution >= 0.6 is 0 Å². The Labute approximate surface area is 141 Å². The summed E-state index contributed by atoms with van der Waals surface area (Å²) in [5.74, 6) is -3.05. The number of esters is 2. The van der Waals surface area contributed by atoms with Crippen LogP contribution in [0.2, 0.25) is 0 Å². The predicted octanol–water partition coefficient (Wildman–Crippen LogP) is 1.43. The lowest BCUT2D eigenvalue weighted by atomic mass is 9.76. The Morgan fingerprint density at radius 1 is 0.792 bits per heavy atom. The molecule has 0 unspecified atom stereocenters. The topological polar surface area (TPSA) is 80.3 Å². The van der Waals surface area contributed by atoms with E-state index < -0.39 is 28.9 Å². The average molecular weight is 342 g/mol. The lowest BCUT2D eigenvalue weighted by molar-refractivity contribution is -0.445. The minimum Gasteiger partial charge on any atom is -0.467 e. The molecule has 4 aliphatic rings. The minimum absolute atomic E-state index is 0.204. The van der Waals surface area contributed by atoms with Crippen molar-refractivity contribution < 1.29 is 33.3 Å². The fraction of sp³-hybridized carbons (Fsp3) is 0.882. The minimum atomic E-state index is -1.53. The number of hydrogen-bond acceptors (Lipinski definition) is 7. The van der Waals surface area contributed by atoms with Crippen LogP contribution in [0.4, 0.5) is 0 Å². The van der Waals surface area contributed by atoms with E-state index in [0.717, 1.165) is 38.5 Å². The van der Waals surface area contributed by atoms with E-state index in [4.69, 9.17) is 23.7 Å². The fourth-order valence-electron chi connectivity index (χ4n) is 5.36. The maximum Gasteiger partial charge on any atom is 0.344 e. The molecule has 4 atom stereocenters. The first-order chi connectivity index (χ1) is 11.5. The van der Waals surface area contributed by atoms with E-state index in [1.54, 1.807) is 0 Å². The third-order valence-corrected chi connectivity index (χ3v) is 6.16. The molecular formula is C17H26O7. The van der Waals surface area contributed by atoms with Gasteiger partial charge in [0.05, 0.1) is 14.2 Å². The van der Waals surface area contributed by atoms with Crippen LogP contribution in [0.15, 0.2) is 0 Å². The van der Waals surface area contributed by atoms with Gasteiger partial charge in [-0.05, 0) is 12.8 Å². The normalized spacial score (nSPS) is 39.8. The third-order valence-electron chi connectivity index (χ3n) is 6.16. The van der Waals surface area contributed by atoms with Crippen LogP contribution in [-0.2, 0) is 33.3 Å². The van der Waals surface area contributed by atoms with Crippen molar-refractivity contribution in [3.63, 3.8) is 0 Å². The Kier molecular flexibility index (Phi) is 4.38. The number of rotatable bonds is 4. The summed E-state index contributed by atoms with van der Waals surface area (Å²) in [5, 5.41) is 0. The Hall–Kier alpha value is -1.18. The van der Waals surface area contributed by atoms with Gasteiger partial charge < -0.3 is 23.7 Å². The first kappa shape index (κ1) is 17.6. The van der Waals surface area contributed by atoms with Gasteiger partial charge in [-0.2, -0.15) is 0 Å². The molecule has 7 nitrogen and oxygen atoms in total. The van der Waals surface area contributed by atoms with Gasteiger partial charge in [-0.3, -0.25) is 0 Å². The molecule has 0 N–H and O–H groups in total. The highest BCUT2D eigenvalue weighted by Gasteiger charge is 2.95. The fourth-order valence-corrected chi connectivity index (χ4v) is 5.36. The number of carbonyl (C=O) groups excluding carboxylic acids is 2. The van der Waals surface area contributed by atoms with E-state index in [1.165, 1.54) is 28.4 Å². The molecule has 7 heteroatoms. The molecule has 4 fully saturated rings. The van der Waals surface area contributed by atoms with E-state index in [9.17, 15) is 9.59 Å². The Bertz CT molecular complexity index is 487. The van der Waals surface area contributed by atoms with Gasteiger partial charge in [-0.15, -0.1) is 0 Å². The van der Waals surface area contributed by atoms with E-state index >= 15 is 0 Å². The number of ether oxygens (including phenoxy) is 5. The third kappa shape index (κ3) is 1.68. The molecule has 4 rings (SSSR count). The molecule has 0 radical (unpaired) electrons. The summed E-state index contributed by atoms with van der Waals surface area (Å²) < 4.78 is 27.5. The molecular weight excluding hydrogens is 316 g/mol. The second-order valence-corrected chi connectivity index (χ2v) is 6.79. The van der Waals surface area contributed by atoms with Crippen LogP contribution in [0.25, 0.3) is 0 Å². The summed E-state index contributed by atoms with van der Waals surface area (Å²) in [5.41, 5.74) is -2.86.